The molecule has 2 heterocycles. The Hall–Kier alpha value is -4.15. The van der Waals surface area contributed by atoms with Gasteiger partial charge in [-0.3, -0.25) is 24.1 Å². The van der Waals surface area contributed by atoms with Crippen LogP contribution in [0.3, 0.4) is 0 Å². The van der Waals surface area contributed by atoms with Gasteiger partial charge in [0.05, 0.1) is 31.1 Å². The van der Waals surface area contributed by atoms with Crippen LogP contribution in [0.25, 0.3) is 0 Å². The maximum absolute atomic E-state index is 13.3. The Bertz CT molecular complexity index is 1370. The van der Waals surface area contributed by atoms with Crippen molar-refractivity contribution < 1.29 is 23.9 Å². The standard InChI is InChI=1S/C28H26N4O5S/c29-24(33)20-12-13-23-22(16-20)25(34)30(18-32(23)21-10-5-2-6-11-21)14-7-15-37-27-26(35)31(28(36)38-27)17-19-8-3-1-4-9-19/h1-6,8-13,16,27H,7,14-15,17-18H2,(H2,29,33). The topological polar surface area (TPSA) is 113 Å². The lowest BCUT2D eigenvalue weighted by Gasteiger charge is -2.38. The first-order valence-corrected chi connectivity index (χ1v) is 13.0. The molecule has 0 bridgehead atoms. The van der Waals surface area contributed by atoms with Crippen molar-refractivity contribution in [1.82, 2.24) is 9.80 Å². The number of nitrogens with zero attached hydrogens (tertiary/aromatic N) is 3. The molecule has 9 nitrogen and oxygen atoms in total. The van der Waals surface area contributed by atoms with Crippen LogP contribution in [0.5, 0.6) is 0 Å². The van der Waals surface area contributed by atoms with Crippen molar-refractivity contribution >= 4 is 46.1 Å². The summed E-state index contributed by atoms with van der Waals surface area (Å²) >= 11 is 0.863. The van der Waals surface area contributed by atoms with E-state index in [1.807, 2.05) is 65.6 Å². The Balaban J connectivity index is 1.23. The number of rotatable bonds is 9. The summed E-state index contributed by atoms with van der Waals surface area (Å²) in [7, 11) is 0. The molecule has 5 rings (SSSR count). The van der Waals surface area contributed by atoms with Crippen LogP contribution in [-0.4, -0.2) is 58.0 Å². The van der Waals surface area contributed by atoms with Gasteiger partial charge in [-0.25, -0.2) is 0 Å². The quantitative estimate of drug-likeness (QED) is 0.417. The largest absolute Gasteiger partial charge is 0.366 e. The first kappa shape index (κ1) is 25.5. The molecule has 1 fully saturated rings. The fourth-order valence-corrected chi connectivity index (χ4v) is 5.32. The first-order chi connectivity index (χ1) is 18.4. The lowest BCUT2D eigenvalue weighted by atomic mass is 10.0. The van der Waals surface area contributed by atoms with Gasteiger partial charge in [0.2, 0.25) is 5.91 Å². The van der Waals surface area contributed by atoms with Crippen molar-refractivity contribution in [2.45, 2.75) is 18.4 Å². The molecule has 4 amide bonds. The fraction of sp³-hybridized carbons (Fsp3) is 0.214. The maximum Gasteiger partial charge on any atom is 0.291 e. The number of primary amides is 1. The number of anilines is 2. The SMILES string of the molecule is NC(=O)c1ccc2c(c1)C(=O)N(CCCOC1SC(=O)N(Cc3ccccc3)C1=O)CN2c1ccccc1. The summed E-state index contributed by atoms with van der Waals surface area (Å²) in [6, 6.07) is 23.8. The normalized spacial score (nSPS) is 17.2. The van der Waals surface area contributed by atoms with E-state index < -0.39 is 11.3 Å². The Morgan fingerprint density at radius 2 is 1.68 bits per heavy atom. The number of carbonyl (C=O) groups is 4. The zero-order chi connectivity index (χ0) is 26.6. The average Bonchev–Trinajstić information content (AvgIpc) is 3.20. The molecule has 0 aromatic heterocycles. The van der Waals surface area contributed by atoms with Crippen molar-refractivity contribution in [2.75, 3.05) is 24.7 Å². The van der Waals surface area contributed by atoms with E-state index in [2.05, 4.69) is 0 Å². The highest BCUT2D eigenvalue weighted by atomic mass is 32.2. The molecule has 2 aliphatic heterocycles. The molecule has 1 unspecified atom stereocenters. The molecule has 1 saturated heterocycles. The van der Waals surface area contributed by atoms with Crippen LogP contribution in [-0.2, 0) is 16.1 Å². The van der Waals surface area contributed by atoms with Crippen LogP contribution in [0, 0.1) is 0 Å². The van der Waals surface area contributed by atoms with E-state index in [1.165, 1.54) is 11.0 Å². The van der Waals surface area contributed by atoms with Gasteiger partial charge in [-0.15, -0.1) is 0 Å². The van der Waals surface area contributed by atoms with Crippen molar-refractivity contribution in [3.05, 3.63) is 95.6 Å². The molecule has 10 heteroatoms. The number of carbonyl (C=O) groups excluding carboxylic acids is 4. The number of amides is 4. The summed E-state index contributed by atoms with van der Waals surface area (Å²) in [6.07, 6.45) is 0.455. The number of imide groups is 1. The molecule has 194 valence electrons. The summed E-state index contributed by atoms with van der Waals surface area (Å²) in [5, 5.41) is -0.338. The number of thioether (sulfide) groups is 1. The lowest BCUT2D eigenvalue weighted by Crippen LogP contribution is -2.45. The summed E-state index contributed by atoms with van der Waals surface area (Å²) in [5.74, 6) is -1.20. The van der Waals surface area contributed by atoms with E-state index in [1.54, 1.807) is 17.0 Å². The van der Waals surface area contributed by atoms with E-state index in [9.17, 15) is 19.2 Å². The minimum absolute atomic E-state index is 0.194. The molecule has 0 saturated carbocycles. The summed E-state index contributed by atoms with van der Waals surface area (Å²) in [5.41, 5.74) is 7.67. The van der Waals surface area contributed by atoms with Gasteiger partial charge in [-0.05, 0) is 54.1 Å². The molecule has 0 spiro atoms. The van der Waals surface area contributed by atoms with Crippen LogP contribution < -0.4 is 10.6 Å². The van der Waals surface area contributed by atoms with Gasteiger partial charge < -0.3 is 20.3 Å². The molecule has 1 atom stereocenters. The predicted octanol–water partition coefficient (Wildman–Crippen LogP) is 3.97. The Kier molecular flexibility index (Phi) is 7.43. The molecule has 3 aromatic carbocycles. The number of hydrogen-bond donors (Lipinski definition) is 1. The van der Waals surface area contributed by atoms with E-state index in [-0.39, 0.29) is 35.8 Å². The number of hydrogen-bond acceptors (Lipinski definition) is 7. The minimum Gasteiger partial charge on any atom is -0.366 e. The van der Waals surface area contributed by atoms with Crippen LogP contribution in [0.4, 0.5) is 16.2 Å². The number of ether oxygens (including phenoxy) is 1. The fourth-order valence-electron chi connectivity index (χ4n) is 4.46. The molecular formula is C28H26N4O5S. The second-order valence-corrected chi connectivity index (χ2v) is 9.93. The summed E-state index contributed by atoms with van der Waals surface area (Å²) in [4.78, 5) is 55.1. The van der Waals surface area contributed by atoms with Gasteiger partial charge in [0, 0.05) is 17.8 Å². The van der Waals surface area contributed by atoms with Crippen molar-refractivity contribution in [2.24, 2.45) is 5.73 Å². The molecule has 0 aliphatic carbocycles. The highest BCUT2D eigenvalue weighted by Gasteiger charge is 2.40. The smallest absolute Gasteiger partial charge is 0.291 e. The Morgan fingerprint density at radius 1 is 0.974 bits per heavy atom. The van der Waals surface area contributed by atoms with Gasteiger partial charge in [0.1, 0.15) is 0 Å². The highest BCUT2D eigenvalue weighted by Crippen LogP contribution is 2.34. The van der Waals surface area contributed by atoms with Crippen LogP contribution >= 0.6 is 11.8 Å². The van der Waals surface area contributed by atoms with Gasteiger partial charge in [-0.1, -0.05) is 48.5 Å². The zero-order valence-electron chi connectivity index (χ0n) is 20.5. The minimum atomic E-state index is -0.900. The second kappa shape index (κ2) is 11.1. The first-order valence-electron chi connectivity index (χ1n) is 12.2. The van der Waals surface area contributed by atoms with Gasteiger partial charge >= 0.3 is 0 Å². The zero-order valence-corrected chi connectivity index (χ0v) is 21.3. The van der Waals surface area contributed by atoms with Gasteiger partial charge in [-0.2, -0.15) is 0 Å². The third-order valence-corrected chi connectivity index (χ3v) is 7.36. The van der Waals surface area contributed by atoms with Crippen LogP contribution in [0.2, 0.25) is 0 Å². The van der Waals surface area contributed by atoms with Gasteiger partial charge in [0.25, 0.3) is 17.1 Å². The van der Waals surface area contributed by atoms with Crippen molar-refractivity contribution in [3.8, 4) is 0 Å². The Morgan fingerprint density at radius 3 is 2.39 bits per heavy atom. The van der Waals surface area contributed by atoms with E-state index in [0.29, 0.717) is 30.9 Å². The predicted molar refractivity (Wildman–Crippen MR) is 144 cm³/mol. The van der Waals surface area contributed by atoms with E-state index >= 15 is 0 Å². The summed E-state index contributed by atoms with van der Waals surface area (Å²) in [6.45, 7) is 1.07. The number of nitrogens with two attached hydrogens (primary N) is 1. The molecule has 0 radical (unpaired) electrons. The highest BCUT2D eigenvalue weighted by molar-refractivity contribution is 8.15. The van der Waals surface area contributed by atoms with Crippen LogP contribution in [0.1, 0.15) is 32.7 Å². The summed E-state index contributed by atoms with van der Waals surface area (Å²) < 4.78 is 5.75. The lowest BCUT2D eigenvalue weighted by molar-refractivity contribution is -0.134. The third-order valence-electron chi connectivity index (χ3n) is 6.39. The number of para-hydroxylation sites is 1. The van der Waals surface area contributed by atoms with Crippen molar-refractivity contribution in [3.63, 3.8) is 0 Å². The second-order valence-electron chi connectivity index (χ2n) is 8.92. The molecule has 3 aromatic rings. The number of fused-ring (bicyclic) bond motifs is 1. The van der Waals surface area contributed by atoms with Gasteiger partial charge in [0.15, 0.2) is 5.44 Å². The molecule has 2 aliphatic rings. The average molecular weight is 531 g/mol. The van der Waals surface area contributed by atoms with E-state index in [0.717, 1.165) is 23.0 Å². The molecule has 38 heavy (non-hydrogen) atoms. The van der Waals surface area contributed by atoms with E-state index in [4.69, 9.17) is 10.5 Å². The molecular weight excluding hydrogens is 504 g/mol. The molecule has 2 N–H and O–H groups in total. The Labute approximate surface area is 224 Å². The third kappa shape index (κ3) is 5.27. The monoisotopic (exact) mass is 530 g/mol. The van der Waals surface area contributed by atoms with Crippen molar-refractivity contribution in [1.29, 1.82) is 0 Å². The maximum atomic E-state index is 13.3. The number of benzene rings is 3. The van der Waals surface area contributed by atoms with Crippen LogP contribution in [0.15, 0.2) is 78.9 Å².